The summed E-state index contributed by atoms with van der Waals surface area (Å²) in [5.41, 5.74) is 8.57. The van der Waals surface area contributed by atoms with Crippen LogP contribution >= 0.6 is 0 Å². The zero-order chi connectivity index (χ0) is 30.9. The summed E-state index contributed by atoms with van der Waals surface area (Å²) >= 11 is 0. The predicted octanol–water partition coefficient (Wildman–Crippen LogP) is -0.517. The fraction of sp³-hybridized carbons (Fsp3) is 0.276. The van der Waals surface area contributed by atoms with Gasteiger partial charge in [-0.05, 0) is 29.3 Å². The Hall–Kier alpha value is -5.21. The molecular weight excluding hydrogens is 558 g/mol. The Kier molecular flexibility index (Phi) is 10.1. The largest absolute Gasteiger partial charge is 0.508 e. The van der Waals surface area contributed by atoms with Crippen molar-refractivity contribution in [1.29, 1.82) is 0 Å². The van der Waals surface area contributed by atoms with Crippen LogP contribution in [-0.4, -0.2) is 84.7 Å². The molecule has 43 heavy (non-hydrogen) atoms. The number of hydrogen-bond donors (Lipinski definition) is 9. The monoisotopic (exact) mass is 591 g/mol. The molecule has 10 N–H and O–H groups in total. The normalized spacial score (nSPS) is 13.9. The van der Waals surface area contributed by atoms with Crippen molar-refractivity contribution in [2.24, 2.45) is 5.73 Å². The van der Waals surface area contributed by atoms with Gasteiger partial charge in [0.05, 0.1) is 19.0 Å². The molecule has 0 fully saturated rings. The van der Waals surface area contributed by atoms with Crippen molar-refractivity contribution in [3.05, 3.63) is 84.1 Å². The summed E-state index contributed by atoms with van der Waals surface area (Å²) in [5.74, 6) is -3.65. The Balaban J connectivity index is 1.51. The van der Waals surface area contributed by atoms with Crippen molar-refractivity contribution in [1.82, 2.24) is 30.9 Å². The highest BCUT2D eigenvalue weighted by Crippen LogP contribution is 2.19. The van der Waals surface area contributed by atoms with Crippen LogP contribution in [0.25, 0.3) is 10.9 Å². The van der Waals surface area contributed by atoms with Gasteiger partial charge in [-0.3, -0.25) is 14.4 Å². The van der Waals surface area contributed by atoms with Crippen molar-refractivity contribution in [3.8, 4) is 5.75 Å². The molecule has 0 spiro atoms. The number of nitrogens with two attached hydrogens (primary N) is 1. The van der Waals surface area contributed by atoms with Crippen molar-refractivity contribution in [2.75, 3.05) is 6.61 Å². The molecule has 2 heterocycles. The molecule has 0 saturated carbocycles. The third-order valence-corrected chi connectivity index (χ3v) is 6.87. The number of phenols is 1. The minimum absolute atomic E-state index is 0.00829. The van der Waals surface area contributed by atoms with Gasteiger partial charge in [-0.25, -0.2) is 9.78 Å². The number of carbonyl (C=O) groups is 4. The minimum atomic E-state index is -1.44. The lowest BCUT2D eigenvalue weighted by Gasteiger charge is -2.24. The average Bonchev–Trinajstić information content (AvgIpc) is 3.66. The summed E-state index contributed by atoms with van der Waals surface area (Å²) in [6.07, 6.45) is 4.61. The number of aromatic amines is 2. The van der Waals surface area contributed by atoms with Crippen LogP contribution in [0.5, 0.6) is 5.75 Å². The van der Waals surface area contributed by atoms with Crippen LogP contribution in [0.1, 0.15) is 16.8 Å². The molecular formula is C29H33N7O7. The number of carboxylic acids is 1. The van der Waals surface area contributed by atoms with E-state index in [1.54, 1.807) is 6.20 Å². The second kappa shape index (κ2) is 14.1. The Labute approximate surface area is 245 Å². The van der Waals surface area contributed by atoms with Gasteiger partial charge in [0.1, 0.15) is 23.9 Å². The van der Waals surface area contributed by atoms with Gasteiger partial charge in [-0.15, -0.1) is 0 Å². The lowest BCUT2D eigenvalue weighted by molar-refractivity contribution is -0.142. The molecule has 0 radical (unpaired) electrons. The fourth-order valence-electron chi connectivity index (χ4n) is 4.54. The van der Waals surface area contributed by atoms with Crippen LogP contribution in [-0.2, 0) is 38.4 Å². The van der Waals surface area contributed by atoms with E-state index in [4.69, 9.17) is 5.73 Å². The minimum Gasteiger partial charge on any atom is -0.508 e. The topological polar surface area (TPSA) is 236 Å². The number of aliphatic hydroxyl groups is 1. The number of rotatable bonds is 14. The first-order valence-electron chi connectivity index (χ1n) is 13.4. The summed E-state index contributed by atoms with van der Waals surface area (Å²) in [6, 6.07) is 8.08. The molecule has 2 aromatic heterocycles. The Morgan fingerprint density at radius 3 is 2.19 bits per heavy atom. The third kappa shape index (κ3) is 8.18. The molecule has 14 heteroatoms. The van der Waals surface area contributed by atoms with E-state index < -0.39 is 54.5 Å². The first-order chi connectivity index (χ1) is 20.6. The molecule has 2 aromatic carbocycles. The van der Waals surface area contributed by atoms with Crippen molar-refractivity contribution in [3.63, 3.8) is 0 Å². The number of hydrogen-bond acceptors (Lipinski definition) is 8. The van der Waals surface area contributed by atoms with Gasteiger partial charge in [-0.1, -0.05) is 30.3 Å². The number of carbonyl (C=O) groups excluding carboxylic acids is 3. The molecule has 4 unspecified atom stereocenters. The number of nitrogens with one attached hydrogen (secondary N) is 5. The highest BCUT2D eigenvalue weighted by molar-refractivity contribution is 5.95. The van der Waals surface area contributed by atoms with Gasteiger partial charge in [0.15, 0.2) is 0 Å². The van der Waals surface area contributed by atoms with Crippen LogP contribution in [0.3, 0.4) is 0 Å². The van der Waals surface area contributed by atoms with Crippen LogP contribution in [0.2, 0.25) is 0 Å². The van der Waals surface area contributed by atoms with Gasteiger partial charge < -0.3 is 47.0 Å². The summed E-state index contributed by atoms with van der Waals surface area (Å²) < 4.78 is 0. The fourth-order valence-corrected chi connectivity index (χ4v) is 4.54. The molecule has 4 atom stereocenters. The Bertz CT molecular complexity index is 1550. The standard InChI is InChI=1S/C29H33N7O7/c30-21(11-18-13-31-15-33-18)26(39)36-25(14-37)28(41)34-23(10-17-12-32-22-4-2-1-3-20(17)22)27(40)35-24(29(42)43)9-16-5-7-19(38)8-6-16/h1-8,12-13,15,21,23-25,32,37-38H,9-11,14,30H2,(H,31,33)(H,34,41)(H,35,40)(H,36,39)(H,42,43). The van der Waals surface area contributed by atoms with E-state index >= 15 is 0 Å². The van der Waals surface area contributed by atoms with Gasteiger partial charge >= 0.3 is 5.97 Å². The smallest absolute Gasteiger partial charge is 0.326 e. The molecule has 4 rings (SSSR count). The molecule has 4 aromatic rings. The number of amides is 3. The summed E-state index contributed by atoms with van der Waals surface area (Å²) in [6.45, 7) is -0.783. The number of nitrogens with zero attached hydrogens (tertiary/aromatic N) is 1. The number of imidazole rings is 1. The lowest BCUT2D eigenvalue weighted by Crippen LogP contribution is -2.58. The number of para-hydroxylation sites is 1. The van der Waals surface area contributed by atoms with E-state index in [1.165, 1.54) is 36.8 Å². The first-order valence-corrected chi connectivity index (χ1v) is 13.4. The van der Waals surface area contributed by atoms with Crippen molar-refractivity contribution >= 4 is 34.6 Å². The molecule has 226 valence electrons. The number of benzene rings is 2. The zero-order valence-electron chi connectivity index (χ0n) is 23.0. The average molecular weight is 592 g/mol. The predicted molar refractivity (Wildman–Crippen MR) is 155 cm³/mol. The SMILES string of the molecule is NC(Cc1cnc[nH]1)C(=O)NC(CO)C(=O)NC(Cc1c[nH]c2ccccc12)C(=O)NC(Cc1ccc(O)cc1)C(=O)O. The maximum Gasteiger partial charge on any atom is 0.326 e. The second-order valence-electron chi connectivity index (χ2n) is 10.0. The van der Waals surface area contributed by atoms with Gasteiger partial charge in [0.2, 0.25) is 17.7 Å². The van der Waals surface area contributed by atoms with E-state index in [0.717, 1.165) is 10.9 Å². The zero-order valence-corrected chi connectivity index (χ0v) is 23.0. The van der Waals surface area contributed by atoms with Crippen LogP contribution < -0.4 is 21.7 Å². The molecule has 14 nitrogen and oxygen atoms in total. The number of aliphatic hydroxyl groups excluding tert-OH is 1. The third-order valence-electron chi connectivity index (χ3n) is 6.87. The number of carboxylic acid groups (broad SMARTS) is 1. The van der Waals surface area contributed by atoms with Crippen LogP contribution in [0, 0.1) is 0 Å². The second-order valence-corrected chi connectivity index (χ2v) is 10.0. The number of aromatic nitrogens is 3. The molecule has 0 aliphatic carbocycles. The van der Waals surface area contributed by atoms with E-state index in [9.17, 15) is 34.5 Å². The maximum absolute atomic E-state index is 13.5. The molecule has 0 aliphatic rings. The molecule has 0 aliphatic heterocycles. The molecule has 0 bridgehead atoms. The Morgan fingerprint density at radius 1 is 0.837 bits per heavy atom. The summed E-state index contributed by atoms with van der Waals surface area (Å²) in [4.78, 5) is 61.2. The summed E-state index contributed by atoms with van der Waals surface area (Å²) in [7, 11) is 0. The first kappa shape index (κ1) is 30.7. The van der Waals surface area contributed by atoms with Crippen LogP contribution in [0.4, 0.5) is 0 Å². The molecule has 0 saturated heterocycles. The van der Waals surface area contributed by atoms with Gasteiger partial charge in [0.25, 0.3) is 0 Å². The summed E-state index contributed by atoms with van der Waals surface area (Å²) in [5, 5.41) is 37.5. The van der Waals surface area contributed by atoms with Gasteiger partial charge in [0, 0.05) is 48.3 Å². The number of aromatic hydroxyl groups is 1. The maximum atomic E-state index is 13.5. The van der Waals surface area contributed by atoms with Gasteiger partial charge in [-0.2, -0.15) is 0 Å². The van der Waals surface area contributed by atoms with E-state index in [0.29, 0.717) is 16.8 Å². The van der Waals surface area contributed by atoms with E-state index in [2.05, 4.69) is 30.9 Å². The van der Waals surface area contributed by atoms with Crippen molar-refractivity contribution < 1.29 is 34.5 Å². The highest BCUT2D eigenvalue weighted by Gasteiger charge is 2.31. The lowest BCUT2D eigenvalue weighted by atomic mass is 10.0. The molecule has 3 amide bonds. The van der Waals surface area contributed by atoms with Crippen LogP contribution in [0.15, 0.2) is 67.3 Å². The van der Waals surface area contributed by atoms with E-state index in [1.807, 2.05) is 24.3 Å². The van der Waals surface area contributed by atoms with E-state index in [-0.39, 0.29) is 25.0 Å². The number of phenolic OH excluding ortho intramolecular Hbond substituents is 1. The van der Waals surface area contributed by atoms with Crippen molar-refractivity contribution in [2.45, 2.75) is 43.4 Å². The highest BCUT2D eigenvalue weighted by atomic mass is 16.4. The number of H-pyrrole nitrogens is 2. The Morgan fingerprint density at radius 2 is 1.51 bits per heavy atom. The number of fused-ring (bicyclic) bond motifs is 1. The number of aliphatic carboxylic acids is 1. The quantitative estimate of drug-likeness (QED) is 0.0916.